The highest BCUT2D eigenvalue weighted by Crippen LogP contribution is 2.30. The first-order chi connectivity index (χ1) is 10.6. The first-order valence-electron chi connectivity index (χ1n) is 8.07. The predicted octanol–water partition coefficient (Wildman–Crippen LogP) is 3.69. The number of hydrogen-bond donors (Lipinski definition) is 1. The van der Waals surface area contributed by atoms with Gasteiger partial charge in [-0.25, -0.2) is 4.79 Å². The summed E-state index contributed by atoms with van der Waals surface area (Å²) in [5, 5.41) is 3.13. The van der Waals surface area contributed by atoms with E-state index in [2.05, 4.69) is 27.3 Å². The van der Waals surface area contributed by atoms with Crippen molar-refractivity contribution in [2.24, 2.45) is 0 Å². The lowest BCUT2D eigenvalue weighted by Gasteiger charge is -2.27. The van der Waals surface area contributed by atoms with Crippen LogP contribution in [0.1, 0.15) is 38.2 Å². The summed E-state index contributed by atoms with van der Waals surface area (Å²) in [5.41, 5.74) is 1.15. The van der Waals surface area contributed by atoms with E-state index in [1.807, 2.05) is 30.0 Å². The van der Waals surface area contributed by atoms with Gasteiger partial charge in [-0.1, -0.05) is 34.1 Å². The fourth-order valence-electron chi connectivity index (χ4n) is 2.93. The Balaban J connectivity index is 1.63. The lowest BCUT2D eigenvalue weighted by Crippen LogP contribution is -2.48. The van der Waals surface area contributed by atoms with Gasteiger partial charge < -0.3 is 15.0 Å². The molecule has 0 radical (unpaired) electrons. The van der Waals surface area contributed by atoms with Crippen LogP contribution in [0, 0.1) is 0 Å². The Hall–Kier alpha value is -1.07. The van der Waals surface area contributed by atoms with Crippen molar-refractivity contribution in [3.8, 4) is 0 Å². The Bertz CT molecular complexity index is 527. The molecule has 1 heterocycles. The Morgan fingerprint density at radius 2 is 2.18 bits per heavy atom. The molecule has 1 saturated carbocycles. The first kappa shape index (κ1) is 15.8. The standard InChI is InChI=1S/C17H23BrN2O2/c1-12(16-7-4-10-22-16)19-17(21)20(14-8-9-14)11-13-5-2-3-6-15(13)18/h2-3,5-6,12,14,16H,4,7-11H2,1H3,(H,19,21)/t12-,16-/m1/s1. The molecule has 1 saturated heterocycles. The van der Waals surface area contributed by atoms with Crippen LogP contribution < -0.4 is 5.32 Å². The minimum Gasteiger partial charge on any atom is -0.376 e. The first-order valence-corrected chi connectivity index (χ1v) is 8.86. The van der Waals surface area contributed by atoms with Crippen LogP contribution in [0.3, 0.4) is 0 Å². The largest absolute Gasteiger partial charge is 0.376 e. The van der Waals surface area contributed by atoms with Gasteiger partial charge in [0, 0.05) is 23.7 Å². The SMILES string of the molecule is C[C@@H](NC(=O)N(Cc1ccccc1Br)C1CC1)[C@H]1CCCO1. The second kappa shape index (κ2) is 7.01. The van der Waals surface area contributed by atoms with Crippen molar-refractivity contribution >= 4 is 22.0 Å². The molecule has 120 valence electrons. The maximum atomic E-state index is 12.7. The fraction of sp³-hybridized carbons (Fsp3) is 0.588. The Morgan fingerprint density at radius 1 is 1.41 bits per heavy atom. The number of hydrogen-bond acceptors (Lipinski definition) is 2. The normalized spacial score (nSPS) is 22.4. The molecule has 0 unspecified atom stereocenters. The summed E-state index contributed by atoms with van der Waals surface area (Å²) in [6.07, 6.45) is 4.50. The summed E-state index contributed by atoms with van der Waals surface area (Å²) in [4.78, 5) is 14.6. The molecule has 1 aliphatic heterocycles. The van der Waals surface area contributed by atoms with E-state index in [0.29, 0.717) is 12.6 Å². The number of ether oxygens (including phenoxy) is 1. The molecule has 4 nitrogen and oxygen atoms in total. The van der Waals surface area contributed by atoms with E-state index in [4.69, 9.17) is 4.74 Å². The zero-order valence-electron chi connectivity index (χ0n) is 12.9. The highest BCUT2D eigenvalue weighted by molar-refractivity contribution is 9.10. The van der Waals surface area contributed by atoms with Crippen LogP contribution in [-0.2, 0) is 11.3 Å². The lowest BCUT2D eigenvalue weighted by atomic mass is 10.1. The van der Waals surface area contributed by atoms with E-state index in [-0.39, 0.29) is 18.2 Å². The number of carbonyl (C=O) groups excluding carboxylic acids is 1. The number of halogens is 1. The van der Waals surface area contributed by atoms with Crippen LogP contribution >= 0.6 is 15.9 Å². The van der Waals surface area contributed by atoms with E-state index in [9.17, 15) is 4.79 Å². The van der Waals surface area contributed by atoms with Gasteiger partial charge in [0.2, 0.25) is 0 Å². The summed E-state index contributed by atoms with van der Waals surface area (Å²) in [5.74, 6) is 0. The lowest BCUT2D eigenvalue weighted by molar-refractivity contribution is 0.0828. The van der Waals surface area contributed by atoms with Crippen LogP contribution in [0.2, 0.25) is 0 Å². The van der Waals surface area contributed by atoms with Gasteiger partial charge in [0.25, 0.3) is 0 Å². The minimum absolute atomic E-state index is 0.0289. The number of rotatable bonds is 5. The summed E-state index contributed by atoms with van der Waals surface area (Å²) in [6.45, 7) is 3.50. The highest BCUT2D eigenvalue weighted by Gasteiger charge is 2.34. The predicted molar refractivity (Wildman–Crippen MR) is 89.7 cm³/mol. The average Bonchev–Trinajstić information content (AvgIpc) is 3.18. The van der Waals surface area contributed by atoms with E-state index in [1.54, 1.807) is 0 Å². The number of carbonyl (C=O) groups is 1. The van der Waals surface area contributed by atoms with Gasteiger partial charge in [0.15, 0.2) is 0 Å². The van der Waals surface area contributed by atoms with Crippen molar-refractivity contribution in [3.63, 3.8) is 0 Å². The van der Waals surface area contributed by atoms with Crippen molar-refractivity contribution in [1.29, 1.82) is 0 Å². The van der Waals surface area contributed by atoms with Gasteiger partial charge in [-0.15, -0.1) is 0 Å². The van der Waals surface area contributed by atoms with Gasteiger partial charge in [0.05, 0.1) is 12.1 Å². The number of amides is 2. The van der Waals surface area contributed by atoms with E-state index in [0.717, 1.165) is 42.3 Å². The highest BCUT2D eigenvalue weighted by atomic mass is 79.9. The molecule has 2 aliphatic rings. The molecule has 1 N–H and O–H groups in total. The van der Waals surface area contributed by atoms with E-state index < -0.39 is 0 Å². The van der Waals surface area contributed by atoms with Crippen molar-refractivity contribution < 1.29 is 9.53 Å². The average molecular weight is 367 g/mol. The van der Waals surface area contributed by atoms with Gasteiger partial charge in [-0.3, -0.25) is 0 Å². The molecule has 1 aromatic carbocycles. The quantitative estimate of drug-likeness (QED) is 0.863. The molecule has 22 heavy (non-hydrogen) atoms. The molecule has 2 fully saturated rings. The number of nitrogens with one attached hydrogen (secondary N) is 1. The third kappa shape index (κ3) is 3.82. The van der Waals surface area contributed by atoms with Crippen LogP contribution in [0.4, 0.5) is 4.79 Å². The van der Waals surface area contributed by atoms with Gasteiger partial charge in [0.1, 0.15) is 0 Å². The molecule has 0 bridgehead atoms. The molecule has 0 aromatic heterocycles. The Kier molecular flexibility index (Phi) is 5.03. The number of urea groups is 1. The minimum atomic E-state index is 0.0289. The summed E-state index contributed by atoms with van der Waals surface area (Å²) >= 11 is 3.57. The monoisotopic (exact) mass is 366 g/mol. The third-order valence-corrected chi connectivity index (χ3v) is 5.19. The van der Waals surface area contributed by atoms with Gasteiger partial charge in [-0.05, 0) is 44.2 Å². The zero-order valence-corrected chi connectivity index (χ0v) is 14.5. The summed E-state index contributed by atoms with van der Waals surface area (Å²) < 4.78 is 6.72. The zero-order chi connectivity index (χ0) is 15.5. The fourth-order valence-corrected chi connectivity index (χ4v) is 3.34. The van der Waals surface area contributed by atoms with Crippen molar-refractivity contribution in [2.75, 3.05) is 6.61 Å². The Morgan fingerprint density at radius 3 is 2.82 bits per heavy atom. The van der Waals surface area contributed by atoms with E-state index >= 15 is 0 Å². The molecule has 1 aromatic rings. The van der Waals surface area contributed by atoms with Crippen molar-refractivity contribution in [2.45, 2.75) is 57.3 Å². The maximum Gasteiger partial charge on any atom is 0.318 e. The molecule has 2 atom stereocenters. The summed E-state index contributed by atoms with van der Waals surface area (Å²) in [7, 11) is 0. The van der Waals surface area contributed by atoms with Gasteiger partial charge >= 0.3 is 6.03 Å². The van der Waals surface area contributed by atoms with Gasteiger partial charge in [-0.2, -0.15) is 0 Å². The second-order valence-corrected chi connectivity index (χ2v) is 7.09. The summed E-state index contributed by atoms with van der Waals surface area (Å²) in [6, 6.07) is 8.57. The molecule has 1 aliphatic carbocycles. The molecular formula is C17H23BrN2O2. The molecular weight excluding hydrogens is 344 g/mol. The topological polar surface area (TPSA) is 41.6 Å². The number of nitrogens with zero attached hydrogens (tertiary/aromatic N) is 1. The third-order valence-electron chi connectivity index (χ3n) is 4.42. The van der Waals surface area contributed by atoms with Crippen LogP contribution in [0.15, 0.2) is 28.7 Å². The van der Waals surface area contributed by atoms with Crippen molar-refractivity contribution in [3.05, 3.63) is 34.3 Å². The molecule has 3 rings (SSSR count). The van der Waals surface area contributed by atoms with Crippen LogP contribution in [-0.4, -0.2) is 35.7 Å². The van der Waals surface area contributed by atoms with Crippen LogP contribution in [0.5, 0.6) is 0 Å². The van der Waals surface area contributed by atoms with Crippen molar-refractivity contribution in [1.82, 2.24) is 10.2 Å². The van der Waals surface area contributed by atoms with Crippen LogP contribution in [0.25, 0.3) is 0 Å². The Labute approximate surface area is 140 Å². The molecule has 0 spiro atoms. The molecule has 2 amide bonds. The maximum absolute atomic E-state index is 12.7. The number of benzene rings is 1. The smallest absolute Gasteiger partial charge is 0.318 e. The van der Waals surface area contributed by atoms with E-state index in [1.165, 1.54) is 0 Å². The molecule has 5 heteroatoms. The second-order valence-electron chi connectivity index (χ2n) is 6.24.